The van der Waals surface area contributed by atoms with E-state index in [1.54, 1.807) is 24.3 Å². The second-order valence-electron chi connectivity index (χ2n) is 5.69. The number of rotatable bonds is 2. The molecule has 1 aromatic carbocycles. The van der Waals surface area contributed by atoms with Crippen molar-refractivity contribution >= 4 is 17.1 Å². The zero-order chi connectivity index (χ0) is 14.8. The molecule has 0 amide bonds. The van der Waals surface area contributed by atoms with Gasteiger partial charge < -0.3 is 5.11 Å². The lowest BCUT2D eigenvalue weighted by Gasteiger charge is -2.21. The standard InChI is InChI=1S/C16H19N3O/c1-16(2,3)11-7-6-10-14(15(11)20)19-18-13-9-5-4-8-12(13)17/h4-10,17,19-20H,1-3H3/b17-12?,18-13-. The van der Waals surface area contributed by atoms with Gasteiger partial charge in [-0.2, -0.15) is 5.10 Å². The Kier molecular flexibility index (Phi) is 3.74. The number of phenols is 1. The quantitative estimate of drug-likeness (QED) is 0.436. The molecule has 1 aliphatic rings. The summed E-state index contributed by atoms with van der Waals surface area (Å²) in [5.41, 5.74) is 4.97. The molecule has 0 saturated heterocycles. The van der Waals surface area contributed by atoms with Gasteiger partial charge in [0.25, 0.3) is 0 Å². The highest BCUT2D eigenvalue weighted by Gasteiger charge is 2.19. The molecule has 3 N–H and O–H groups in total. The van der Waals surface area contributed by atoms with E-state index in [4.69, 9.17) is 5.41 Å². The maximum absolute atomic E-state index is 10.3. The van der Waals surface area contributed by atoms with Gasteiger partial charge in [-0.15, -0.1) is 0 Å². The SMILES string of the molecule is CC(C)(C)c1cccc(N/N=C2/C=CC=CC2=N)c1O. The fraction of sp³-hybridized carbons (Fsp3) is 0.250. The van der Waals surface area contributed by atoms with Gasteiger partial charge in [0.1, 0.15) is 11.5 Å². The van der Waals surface area contributed by atoms with Gasteiger partial charge in [0.05, 0.1) is 11.4 Å². The van der Waals surface area contributed by atoms with Crippen molar-refractivity contribution in [3.63, 3.8) is 0 Å². The Bertz CT molecular complexity index is 619. The van der Waals surface area contributed by atoms with Crippen molar-refractivity contribution in [3.8, 4) is 5.75 Å². The summed E-state index contributed by atoms with van der Waals surface area (Å²) in [6.45, 7) is 6.13. The number of hydrogen-bond donors (Lipinski definition) is 3. The van der Waals surface area contributed by atoms with Crippen LogP contribution in [0.1, 0.15) is 26.3 Å². The Balaban J connectivity index is 2.27. The molecule has 104 valence electrons. The molecule has 2 rings (SSSR count). The fourth-order valence-electron chi connectivity index (χ4n) is 1.93. The van der Waals surface area contributed by atoms with E-state index >= 15 is 0 Å². The number of hydrazone groups is 1. The topological polar surface area (TPSA) is 68.5 Å². The van der Waals surface area contributed by atoms with Crippen molar-refractivity contribution in [3.05, 3.63) is 48.1 Å². The lowest BCUT2D eigenvalue weighted by atomic mass is 9.86. The van der Waals surface area contributed by atoms with Gasteiger partial charge in [0.2, 0.25) is 0 Å². The maximum Gasteiger partial charge on any atom is 0.144 e. The van der Waals surface area contributed by atoms with E-state index in [0.717, 1.165) is 5.56 Å². The number of allylic oxidation sites excluding steroid dienone is 4. The van der Waals surface area contributed by atoms with Crippen LogP contribution in [-0.4, -0.2) is 16.5 Å². The third-order valence-corrected chi connectivity index (χ3v) is 3.04. The summed E-state index contributed by atoms with van der Waals surface area (Å²) in [5, 5.41) is 22.2. The van der Waals surface area contributed by atoms with Crippen LogP contribution in [-0.2, 0) is 5.41 Å². The van der Waals surface area contributed by atoms with E-state index in [1.807, 2.05) is 39.0 Å². The first-order valence-corrected chi connectivity index (χ1v) is 6.49. The van der Waals surface area contributed by atoms with Gasteiger partial charge in [-0.3, -0.25) is 10.8 Å². The van der Waals surface area contributed by atoms with Gasteiger partial charge in [-0.1, -0.05) is 45.1 Å². The van der Waals surface area contributed by atoms with E-state index in [2.05, 4.69) is 10.5 Å². The van der Waals surface area contributed by atoms with Crippen molar-refractivity contribution in [2.45, 2.75) is 26.2 Å². The molecule has 1 aromatic rings. The number of aromatic hydroxyl groups is 1. The Morgan fingerprint density at radius 2 is 1.85 bits per heavy atom. The van der Waals surface area contributed by atoms with Crippen molar-refractivity contribution in [2.75, 3.05) is 5.43 Å². The monoisotopic (exact) mass is 269 g/mol. The van der Waals surface area contributed by atoms with E-state index in [1.165, 1.54) is 0 Å². The van der Waals surface area contributed by atoms with Crippen molar-refractivity contribution in [2.24, 2.45) is 5.10 Å². The number of anilines is 1. The minimum atomic E-state index is -0.144. The van der Waals surface area contributed by atoms with Crippen LogP contribution in [0.2, 0.25) is 0 Å². The molecule has 0 unspecified atom stereocenters. The minimum absolute atomic E-state index is 0.144. The van der Waals surface area contributed by atoms with E-state index in [0.29, 0.717) is 17.1 Å². The number of nitrogens with one attached hydrogen (secondary N) is 2. The summed E-state index contributed by atoms with van der Waals surface area (Å²) < 4.78 is 0. The summed E-state index contributed by atoms with van der Waals surface area (Å²) in [4.78, 5) is 0. The predicted octanol–water partition coefficient (Wildman–Crippen LogP) is 3.60. The maximum atomic E-state index is 10.3. The lowest BCUT2D eigenvalue weighted by Crippen LogP contribution is -2.13. The van der Waals surface area contributed by atoms with Crippen LogP contribution in [0.4, 0.5) is 5.69 Å². The molecule has 0 atom stereocenters. The molecule has 4 nitrogen and oxygen atoms in total. The molecule has 4 heteroatoms. The molecular weight excluding hydrogens is 250 g/mol. The largest absolute Gasteiger partial charge is 0.505 e. The molecule has 0 bridgehead atoms. The minimum Gasteiger partial charge on any atom is -0.505 e. The van der Waals surface area contributed by atoms with E-state index in [-0.39, 0.29) is 11.2 Å². The van der Waals surface area contributed by atoms with Crippen LogP contribution in [0.5, 0.6) is 5.75 Å². The smallest absolute Gasteiger partial charge is 0.144 e. The van der Waals surface area contributed by atoms with Gasteiger partial charge in [-0.25, -0.2) is 0 Å². The average molecular weight is 269 g/mol. The normalized spacial score (nSPS) is 16.8. The highest BCUT2D eigenvalue weighted by atomic mass is 16.3. The van der Waals surface area contributed by atoms with Crippen LogP contribution in [0.25, 0.3) is 0 Å². The summed E-state index contributed by atoms with van der Waals surface area (Å²) in [5.74, 6) is 0.200. The second-order valence-corrected chi connectivity index (χ2v) is 5.69. The number of para-hydroxylation sites is 1. The zero-order valence-electron chi connectivity index (χ0n) is 11.9. The second kappa shape index (κ2) is 5.33. The van der Waals surface area contributed by atoms with Gasteiger partial charge in [-0.05, 0) is 23.6 Å². The Labute approximate surface area is 119 Å². The summed E-state index contributed by atoms with van der Waals surface area (Å²) >= 11 is 0. The zero-order valence-corrected chi connectivity index (χ0v) is 11.9. The lowest BCUT2D eigenvalue weighted by molar-refractivity contribution is 0.448. The first kappa shape index (κ1) is 14.1. The van der Waals surface area contributed by atoms with Crippen LogP contribution in [0, 0.1) is 5.41 Å². The molecule has 20 heavy (non-hydrogen) atoms. The Morgan fingerprint density at radius 3 is 2.50 bits per heavy atom. The van der Waals surface area contributed by atoms with Crippen molar-refractivity contribution in [1.82, 2.24) is 0 Å². The van der Waals surface area contributed by atoms with Crippen LogP contribution in [0.3, 0.4) is 0 Å². The van der Waals surface area contributed by atoms with Crippen LogP contribution < -0.4 is 5.43 Å². The highest BCUT2D eigenvalue weighted by molar-refractivity contribution is 6.50. The summed E-state index contributed by atoms with van der Waals surface area (Å²) in [6.07, 6.45) is 7.04. The molecule has 0 saturated carbocycles. The molecule has 1 aliphatic carbocycles. The molecule has 0 aromatic heterocycles. The van der Waals surface area contributed by atoms with Crippen LogP contribution in [0.15, 0.2) is 47.6 Å². The van der Waals surface area contributed by atoms with Gasteiger partial charge in [0.15, 0.2) is 0 Å². The van der Waals surface area contributed by atoms with Gasteiger partial charge >= 0.3 is 0 Å². The molecule has 0 aliphatic heterocycles. The first-order valence-electron chi connectivity index (χ1n) is 6.49. The number of benzene rings is 1. The average Bonchev–Trinajstić information content (AvgIpc) is 2.38. The number of nitrogens with zero attached hydrogens (tertiary/aromatic N) is 1. The number of phenolic OH excluding ortho intramolecular Hbond substituents is 1. The van der Waals surface area contributed by atoms with Gasteiger partial charge in [0, 0.05) is 5.56 Å². The van der Waals surface area contributed by atoms with Crippen molar-refractivity contribution < 1.29 is 5.11 Å². The molecular formula is C16H19N3O. The van der Waals surface area contributed by atoms with Crippen molar-refractivity contribution in [1.29, 1.82) is 5.41 Å². The molecule has 0 spiro atoms. The highest BCUT2D eigenvalue weighted by Crippen LogP contribution is 2.35. The number of hydrogen-bond acceptors (Lipinski definition) is 4. The molecule has 0 heterocycles. The first-order chi connectivity index (χ1) is 9.39. The third-order valence-electron chi connectivity index (χ3n) is 3.04. The Morgan fingerprint density at radius 1 is 1.15 bits per heavy atom. The predicted molar refractivity (Wildman–Crippen MR) is 83.9 cm³/mol. The summed E-state index contributed by atoms with van der Waals surface area (Å²) in [6, 6.07) is 5.55. The molecule has 0 radical (unpaired) electrons. The van der Waals surface area contributed by atoms with E-state index in [9.17, 15) is 5.11 Å². The third kappa shape index (κ3) is 2.96. The van der Waals surface area contributed by atoms with Crippen LogP contribution >= 0.6 is 0 Å². The fourth-order valence-corrected chi connectivity index (χ4v) is 1.93. The molecule has 0 fully saturated rings. The summed E-state index contributed by atoms with van der Waals surface area (Å²) in [7, 11) is 0. The Hall–Kier alpha value is -2.36. The van der Waals surface area contributed by atoms with E-state index < -0.39 is 0 Å².